The van der Waals surface area contributed by atoms with Gasteiger partial charge in [0.15, 0.2) is 5.96 Å². The van der Waals surface area contributed by atoms with Crippen molar-refractivity contribution in [3.63, 3.8) is 0 Å². The van der Waals surface area contributed by atoms with Crippen LogP contribution in [-0.4, -0.2) is 62.4 Å². The average Bonchev–Trinajstić information content (AvgIpc) is 2.74. The van der Waals surface area contributed by atoms with Gasteiger partial charge < -0.3 is 25.0 Å². The van der Waals surface area contributed by atoms with E-state index in [2.05, 4.69) is 29.5 Å². The molecule has 1 saturated heterocycles. The van der Waals surface area contributed by atoms with Crippen molar-refractivity contribution >= 4 is 12.1 Å². The minimum atomic E-state index is -0.548. The Balaban J connectivity index is 2.04. The molecule has 1 aliphatic heterocycles. The number of rotatable bonds is 8. The van der Waals surface area contributed by atoms with E-state index >= 15 is 0 Å². The number of ether oxygens (including phenoxy) is 2. The highest BCUT2D eigenvalue weighted by atomic mass is 16.6. The molecule has 1 aromatic carbocycles. The Morgan fingerprint density at radius 3 is 2.55 bits per heavy atom. The number of amides is 1. The third-order valence-electron chi connectivity index (χ3n) is 5.23. The fraction of sp³-hybridized carbons (Fsp3) is 0.667. The van der Waals surface area contributed by atoms with Crippen molar-refractivity contribution < 1.29 is 14.3 Å². The summed E-state index contributed by atoms with van der Waals surface area (Å²) in [5.41, 5.74) is 0.450. The zero-order valence-electron chi connectivity index (χ0n) is 19.8. The number of nitrogens with zero attached hydrogens (tertiary/aromatic N) is 2. The minimum absolute atomic E-state index is 0.270. The molecule has 0 aromatic heterocycles. The summed E-state index contributed by atoms with van der Waals surface area (Å²) in [5.74, 6) is 1.56. The summed E-state index contributed by atoms with van der Waals surface area (Å²) in [7, 11) is 2.07. The molecular weight excluding hydrogens is 392 g/mol. The van der Waals surface area contributed by atoms with E-state index in [0.717, 1.165) is 57.1 Å². The second kappa shape index (κ2) is 12.5. The van der Waals surface area contributed by atoms with Crippen LogP contribution >= 0.6 is 0 Å². The minimum Gasteiger partial charge on any atom is -0.444 e. The summed E-state index contributed by atoms with van der Waals surface area (Å²) in [4.78, 5) is 19.4. The van der Waals surface area contributed by atoms with E-state index in [1.54, 1.807) is 0 Å². The topological polar surface area (TPSA) is 75.2 Å². The van der Waals surface area contributed by atoms with Crippen LogP contribution in [0.15, 0.2) is 35.3 Å². The Morgan fingerprint density at radius 2 is 1.94 bits per heavy atom. The van der Waals surface area contributed by atoms with Gasteiger partial charge in [0.2, 0.25) is 0 Å². The van der Waals surface area contributed by atoms with Crippen LogP contribution in [0, 0.1) is 5.92 Å². The second-order valence-corrected chi connectivity index (χ2v) is 9.07. The van der Waals surface area contributed by atoms with Gasteiger partial charge >= 0.3 is 6.09 Å². The van der Waals surface area contributed by atoms with Gasteiger partial charge in [0.25, 0.3) is 0 Å². The molecule has 1 aromatic rings. The van der Waals surface area contributed by atoms with Gasteiger partial charge in [-0.2, -0.15) is 0 Å². The number of hydrogen-bond acceptors (Lipinski definition) is 4. The first-order valence-electron chi connectivity index (χ1n) is 11.4. The van der Waals surface area contributed by atoms with Crippen LogP contribution in [0.2, 0.25) is 0 Å². The van der Waals surface area contributed by atoms with Gasteiger partial charge in [0, 0.05) is 33.4 Å². The molecular formula is C24H40N4O3. The van der Waals surface area contributed by atoms with Gasteiger partial charge in [-0.1, -0.05) is 30.3 Å². The molecule has 1 aliphatic rings. The SMILES string of the molecule is CCNC(=NCC(NC(=O)OC(C)(C)C)c1ccccc1)N(C)CCC1CCOCC1. The number of guanidine groups is 1. The summed E-state index contributed by atoms with van der Waals surface area (Å²) in [6, 6.07) is 9.63. The molecule has 1 unspecified atom stereocenters. The first kappa shape index (κ1) is 25.0. The summed E-state index contributed by atoms with van der Waals surface area (Å²) in [6.45, 7) is 11.5. The summed E-state index contributed by atoms with van der Waals surface area (Å²) < 4.78 is 10.9. The van der Waals surface area contributed by atoms with Crippen molar-refractivity contribution in [1.82, 2.24) is 15.5 Å². The Kier molecular flexibility index (Phi) is 10.1. The predicted molar refractivity (Wildman–Crippen MR) is 125 cm³/mol. The quantitative estimate of drug-likeness (QED) is 0.480. The second-order valence-electron chi connectivity index (χ2n) is 9.07. The maximum Gasteiger partial charge on any atom is 0.408 e. The average molecular weight is 433 g/mol. The molecule has 7 heteroatoms. The highest BCUT2D eigenvalue weighted by Crippen LogP contribution is 2.19. The van der Waals surface area contributed by atoms with Crippen LogP contribution in [-0.2, 0) is 9.47 Å². The predicted octanol–water partition coefficient (Wildman–Crippen LogP) is 3.97. The van der Waals surface area contributed by atoms with Gasteiger partial charge in [-0.3, -0.25) is 4.99 Å². The first-order chi connectivity index (χ1) is 14.8. The smallest absolute Gasteiger partial charge is 0.408 e. The van der Waals surface area contributed by atoms with Crippen LogP contribution < -0.4 is 10.6 Å². The molecule has 0 saturated carbocycles. The van der Waals surface area contributed by atoms with E-state index in [1.807, 2.05) is 51.1 Å². The normalized spacial score (nSPS) is 16.5. The van der Waals surface area contributed by atoms with E-state index in [0.29, 0.717) is 12.5 Å². The Morgan fingerprint density at radius 1 is 1.26 bits per heavy atom. The number of nitrogens with one attached hydrogen (secondary N) is 2. The number of benzene rings is 1. The molecule has 0 spiro atoms. The lowest BCUT2D eigenvalue weighted by molar-refractivity contribution is 0.0505. The van der Waals surface area contributed by atoms with Crippen molar-refractivity contribution in [3.05, 3.63) is 35.9 Å². The lowest BCUT2D eigenvalue weighted by atomic mass is 9.96. The van der Waals surface area contributed by atoms with Gasteiger partial charge in [-0.25, -0.2) is 4.79 Å². The van der Waals surface area contributed by atoms with Gasteiger partial charge in [-0.05, 0) is 58.4 Å². The van der Waals surface area contributed by atoms with E-state index in [1.165, 1.54) is 0 Å². The molecule has 7 nitrogen and oxygen atoms in total. The fourth-order valence-electron chi connectivity index (χ4n) is 3.53. The number of alkyl carbamates (subject to hydrolysis) is 1. The summed E-state index contributed by atoms with van der Waals surface area (Å²) in [6.07, 6.45) is 2.96. The maximum atomic E-state index is 12.4. The first-order valence-corrected chi connectivity index (χ1v) is 11.4. The van der Waals surface area contributed by atoms with E-state index in [9.17, 15) is 4.79 Å². The molecule has 0 aliphatic carbocycles. The third kappa shape index (κ3) is 9.59. The molecule has 174 valence electrons. The monoisotopic (exact) mass is 432 g/mol. The molecule has 1 heterocycles. The van der Waals surface area contributed by atoms with Crippen LogP contribution in [0.4, 0.5) is 4.79 Å². The van der Waals surface area contributed by atoms with E-state index in [4.69, 9.17) is 14.5 Å². The summed E-state index contributed by atoms with van der Waals surface area (Å²) >= 11 is 0. The van der Waals surface area contributed by atoms with Crippen molar-refractivity contribution in [2.75, 3.05) is 39.9 Å². The standard InChI is InChI=1S/C24H40N4O3/c1-6-25-22(28(5)15-12-19-13-16-30-17-14-19)26-18-21(20-10-8-7-9-11-20)27-23(29)31-24(2,3)4/h7-11,19,21H,6,12-18H2,1-5H3,(H,25,26)(H,27,29). The summed E-state index contributed by atoms with van der Waals surface area (Å²) in [5, 5.41) is 6.36. The lowest BCUT2D eigenvalue weighted by Gasteiger charge is -2.27. The zero-order chi connectivity index (χ0) is 22.7. The zero-order valence-corrected chi connectivity index (χ0v) is 19.8. The van der Waals surface area contributed by atoms with Crippen molar-refractivity contribution in [2.24, 2.45) is 10.9 Å². The maximum absolute atomic E-state index is 12.4. The molecule has 1 fully saturated rings. The van der Waals surface area contributed by atoms with Crippen molar-refractivity contribution in [3.8, 4) is 0 Å². The number of carbonyl (C=O) groups excluding carboxylic acids is 1. The molecule has 0 bridgehead atoms. The van der Waals surface area contributed by atoms with Crippen LogP contribution in [0.1, 0.15) is 58.6 Å². The molecule has 2 N–H and O–H groups in total. The number of aliphatic imine (C=N–C) groups is 1. The van der Waals surface area contributed by atoms with Gasteiger partial charge in [-0.15, -0.1) is 0 Å². The Bertz CT molecular complexity index is 682. The molecule has 2 rings (SSSR count). The van der Waals surface area contributed by atoms with E-state index < -0.39 is 11.7 Å². The Hall–Kier alpha value is -2.28. The fourth-order valence-corrected chi connectivity index (χ4v) is 3.53. The number of carbonyl (C=O) groups is 1. The molecule has 1 amide bonds. The largest absolute Gasteiger partial charge is 0.444 e. The highest BCUT2D eigenvalue weighted by Gasteiger charge is 2.21. The van der Waals surface area contributed by atoms with E-state index in [-0.39, 0.29) is 6.04 Å². The van der Waals surface area contributed by atoms with Crippen molar-refractivity contribution in [1.29, 1.82) is 0 Å². The van der Waals surface area contributed by atoms with Crippen molar-refractivity contribution in [2.45, 2.75) is 58.6 Å². The molecule has 0 radical (unpaired) electrons. The van der Waals surface area contributed by atoms with Crippen LogP contribution in [0.5, 0.6) is 0 Å². The van der Waals surface area contributed by atoms with Crippen LogP contribution in [0.25, 0.3) is 0 Å². The van der Waals surface area contributed by atoms with Crippen LogP contribution in [0.3, 0.4) is 0 Å². The lowest BCUT2D eigenvalue weighted by Crippen LogP contribution is -2.41. The Labute approximate surface area is 187 Å². The van der Waals surface area contributed by atoms with Gasteiger partial charge in [0.05, 0.1) is 12.6 Å². The third-order valence-corrected chi connectivity index (χ3v) is 5.23. The number of hydrogen-bond donors (Lipinski definition) is 2. The molecule has 31 heavy (non-hydrogen) atoms. The highest BCUT2D eigenvalue weighted by molar-refractivity contribution is 5.79. The van der Waals surface area contributed by atoms with Gasteiger partial charge in [0.1, 0.15) is 5.60 Å². The molecule has 1 atom stereocenters.